The largest absolute Gasteiger partial charge is 0.481 e. The summed E-state index contributed by atoms with van der Waals surface area (Å²) >= 11 is 0. The summed E-state index contributed by atoms with van der Waals surface area (Å²) in [6.45, 7) is 1.44. The van der Waals surface area contributed by atoms with Crippen molar-refractivity contribution < 1.29 is 19.5 Å². The molecule has 0 aromatic carbocycles. The molecule has 0 aliphatic heterocycles. The number of carbonyl (C=O) groups excluding carboxylic acids is 2. The third kappa shape index (κ3) is 8.47. The van der Waals surface area contributed by atoms with Crippen molar-refractivity contribution in [3.63, 3.8) is 0 Å². The molecule has 0 bridgehead atoms. The molecule has 0 aliphatic carbocycles. The van der Waals surface area contributed by atoms with Crippen molar-refractivity contribution in [2.75, 3.05) is 13.1 Å². The van der Waals surface area contributed by atoms with Crippen molar-refractivity contribution in [1.29, 1.82) is 0 Å². The van der Waals surface area contributed by atoms with E-state index in [1.165, 1.54) is 6.92 Å². The van der Waals surface area contributed by atoms with Crippen LogP contribution < -0.4 is 16.2 Å². The molecule has 2 amide bonds. The average molecular weight is 203 g/mol. The smallest absolute Gasteiger partial charge is 0.304 e. The Morgan fingerprint density at radius 1 is 1.21 bits per heavy atom. The Bertz CT molecular complexity index is 229. The molecule has 80 valence electrons. The number of nitrogens with one attached hydrogen (secondary N) is 3. The fourth-order valence-corrected chi connectivity index (χ4v) is 0.599. The second-order valence-electron chi connectivity index (χ2n) is 2.55. The summed E-state index contributed by atoms with van der Waals surface area (Å²) in [4.78, 5) is 31.3. The van der Waals surface area contributed by atoms with E-state index < -0.39 is 11.9 Å². The topological polar surface area (TPSA) is 108 Å². The highest BCUT2D eigenvalue weighted by Gasteiger charge is 2.01. The standard InChI is InChI=1S/C7H13N3O4/c1-5(11)9-10-6(12)4-8-3-2-7(13)14/h8H,2-4H2,1H3,(H,9,11)(H,10,12)(H,13,14). The van der Waals surface area contributed by atoms with Crippen LogP contribution in [0.4, 0.5) is 0 Å². The van der Waals surface area contributed by atoms with E-state index in [-0.39, 0.29) is 25.4 Å². The van der Waals surface area contributed by atoms with Crippen LogP contribution in [0.5, 0.6) is 0 Å². The first kappa shape index (κ1) is 12.4. The lowest BCUT2D eigenvalue weighted by molar-refractivity contribution is -0.137. The van der Waals surface area contributed by atoms with E-state index >= 15 is 0 Å². The van der Waals surface area contributed by atoms with E-state index in [0.29, 0.717) is 0 Å². The quantitative estimate of drug-likeness (QED) is 0.312. The van der Waals surface area contributed by atoms with Crippen molar-refractivity contribution in [3.05, 3.63) is 0 Å². The van der Waals surface area contributed by atoms with Gasteiger partial charge in [-0.25, -0.2) is 0 Å². The molecule has 0 fully saturated rings. The van der Waals surface area contributed by atoms with Gasteiger partial charge in [0, 0.05) is 13.5 Å². The molecule has 14 heavy (non-hydrogen) atoms. The molecule has 0 aliphatic rings. The predicted octanol–water partition coefficient (Wildman–Crippen LogP) is -1.78. The molecule has 0 saturated heterocycles. The number of aliphatic carboxylic acids is 1. The number of hydrazine groups is 1. The monoisotopic (exact) mass is 203 g/mol. The van der Waals surface area contributed by atoms with Gasteiger partial charge in [-0.3, -0.25) is 25.2 Å². The minimum atomic E-state index is -0.931. The van der Waals surface area contributed by atoms with Gasteiger partial charge in [0.2, 0.25) is 5.91 Å². The van der Waals surface area contributed by atoms with E-state index in [9.17, 15) is 14.4 Å². The van der Waals surface area contributed by atoms with E-state index in [2.05, 4.69) is 16.2 Å². The summed E-state index contributed by atoms with van der Waals surface area (Å²) < 4.78 is 0. The van der Waals surface area contributed by atoms with Crippen LogP contribution in [0.1, 0.15) is 13.3 Å². The van der Waals surface area contributed by atoms with E-state index in [1.807, 2.05) is 0 Å². The van der Waals surface area contributed by atoms with Crippen LogP contribution in [0, 0.1) is 0 Å². The van der Waals surface area contributed by atoms with Gasteiger partial charge in [0.15, 0.2) is 0 Å². The van der Waals surface area contributed by atoms with Crippen molar-refractivity contribution in [2.45, 2.75) is 13.3 Å². The van der Waals surface area contributed by atoms with Crippen molar-refractivity contribution >= 4 is 17.8 Å². The second kappa shape index (κ2) is 6.84. The van der Waals surface area contributed by atoms with Crippen LogP contribution >= 0.6 is 0 Å². The van der Waals surface area contributed by atoms with Gasteiger partial charge < -0.3 is 10.4 Å². The number of hydrogen-bond acceptors (Lipinski definition) is 4. The number of rotatable bonds is 5. The summed E-state index contributed by atoms with van der Waals surface area (Å²) in [5.41, 5.74) is 4.22. The molecule has 0 heterocycles. The van der Waals surface area contributed by atoms with Crippen LogP contribution in [0.2, 0.25) is 0 Å². The SMILES string of the molecule is CC(=O)NNC(=O)CNCCC(=O)O. The number of carbonyl (C=O) groups is 3. The zero-order chi connectivity index (χ0) is 11.0. The lowest BCUT2D eigenvalue weighted by Gasteiger charge is -2.05. The van der Waals surface area contributed by atoms with Gasteiger partial charge in [-0.15, -0.1) is 0 Å². The molecule has 0 unspecified atom stereocenters. The average Bonchev–Trinajstić information content (AvgIpc) is 2.08. The molecule has 0 rings (SSSR count). The number of carboxylic acids is 1. The highest BCUT2D eigenvalue weighted by atomic mass is 16.4. The molecular weight excluding hydrogens is 190 g/mol. The van der Waals surface area contributed by atoms with Gasteiger partial charge in [-0.05, 0) is 0 Å². The Labute approximate surface area is 80.8 Å². The molecule has 0 aromatic heterocycles. The summed E-state index contributed by atoms with van der Waals surface area (Å²) in [5.74, 6) is -1.73. The molecule has 0 atom stereocenters. The highest BCUT2D eigenvalue weighted by molar-refractivity contribution is 5.81. The Balaban J connectivity index is 3.36. The van der Waals surface area contributed by atoms with Gasteiger partial charge in [-0.2, -0.15) is 0 Å². The Hall–Kier alpha value is -1.63. The number of carboxylic acid groups (broad SMARTS) is 1. The summed E-state index contributed by atoms with van der Waals surface area (Å²) in [6.07, 6.45) is -0.0482. The van der Waals surface area contributed by atoms with Crippen LogP contribution in [0.3, 0.4) is 0 Å². The van der Waals surface area contributed by atoms with Crippen molar-refractivity contribution in [3.8, 4) is 0 Å². The zero-order valence-electron chi connectivity index (χ0n) is 7.79. The van der Waals surface area contributed by atoms with Crippen LogP contribution in [-0.4, -0.2) is 36.0 Å². The second-order valence-corrected chi connectivity index (χ2v) is 2.55. The van der Waals surface area contributed by atoms with Gasteiger partial charge in [0.25, 0.3) is 5.91 Å². The maximum absolute atomic E-state index is 10.9. The van der Waals surface area contributed by atoms with Crippen molar-refractivity contribution in [2.24, 2.45) is 0 Å². The fraction of sp³-hybridized carbons (Fsp3) is 0.571. The van der Waals surface area contributed by atoms with E-state index in [4.69, 9.17) is 5.11 Å². The first-order valence-electron chi connectivity index (χ1n) is 4.00. The highest BCUT2D eigenvalue weighted by Crippen LogP contribution is 1.74. The normalized spacial score (nSPS) is 9.21. The Morgan fingerprint density at radius 3 is 2.36 bits per heavy atom. The first-order chi connectivity index (χ1) is 6.52. The van der Waals surface area contributed by atoms with Crippen molar-refractivity contribution in [1.82, 2.24) is 16.2 Å². The number of amides is 2. The molecule has 0 radical (unpaired) electrons. The lowest BCUT2D eigenvalue weighted by atomic mass is 10.4. The molecule has 7 heteroatoms. The van der Waals surface area contributed by atoms with Crippen LogP contribution in [0.15, 0.2) is 0 Å². The van der Waals surface area contributed by atoms with Crippen LogP contribution in [-0.2, 0) is 14.4 Å². The third-order valence-corrected chi connectivity index (χ3v) is 1.18. The Kier molecular flexibility index (Phi) is 6.04. The van der Waals surface area contributed by atoms with Gasteiger partial charge in [0.05, 0.1) is 13.0 Å². The molecule has 4 N–H and O–H groups in total. The summed E-state index contributed by atoms with van der Waals surface area (Å²) in [7, 11) is 0. The lowest BCUT2D eigenvalue weighted by Crippen LogP contribution is -2.44. The molecule has 0 aromatic rings. The Morgan fingerprint density at radius 2 is 1.86 bits per heavy atom. The minimum Gasteiger partial charge on any atom is -0.481 e. The summed E-state index contributed by atoms with van der Waals surface area (Å²) in [5, 5.41) is 10.9. The van der Waals surface area contributed by atoms with Gasteiger partial charge in [-0.1, -0.05) is 0 Å². The third-order valence-electron chi connectivity index (χ3n) is 1.18. The van der Waals surface area contributed by atoms with Crippen LogP contribution in [0.25, 0.3) is 0 Å². The van der Waals surface area contributed by atoms with Gasteiger partial charge in [0.1, 0.15) is 0 Å². The first-order valence-corrected chi connectivity index (χ1v) is 4.00. The zero-order valence-corrected chi connectivity index (χ0v) is 7.79. The maximum atomic E-state index is 10.9. The molecule has 7 nitrogen and oxygen atoms in total. The minimum absolute atomic E-state index is 0.0342. The molecule has 0 spiro atoms. The van der Waals surface area contributed by atoms with Gasteiger partial charge >= 0.3 is 5.97 Å². The maximum Gasteiger partial charge on any atom is 0.304 e. The summed E-state index contributed by atoms with van der Waals surface area (Å²) in [6, 6.07) is 0. The molecule has 0 saturated carbocycles. The fourth-order valence-electron chi connectivity index (χ4n) is 0.599. The molecular formula is C7H13N3O4. The van der Waals surface area contributed by atoms with E-state index in [0.717, 1.165) is 0 Å². The number of hydrogen-bond donors (Lipinski definition) is 4. The predicted molar refractivity (Wildman–Crippen MR) is 47.1 cm³/mol. The van der Waals surface area contributed by atoms with E-state index in [1.54, 1.807) is 0 Å².